The van der Waals surface area contributed by atoms with Crippen LogP contribution in [-0.2, 0) is 13.1 Å². The summed E-state index contributed by atoms with van der Waals surface area (Å²) in [4.78, 5) is 15.9. The summed E-state index contributed by atoms with van der Waals surface area (Å²) < 4.78 is 0. The second kappa shape index (κ2) is 10.8. The highest BCUT2D eigenvalue weighted by atomic mass is 35.5. The molecule has 0 unspecified atom stereocenters. The molecular formula is C20H25Cl2N5O. The van der Waals surface area contributed by atoms with E-state index in [4.69, 9.17) is 23.2 Å². The number of urea groups is 1. The highest BCUT2D eigenvalue weighted by molar-refractivity contribution is 6.35. The molecule has 4 N–H and O–H groups in total. The lowest BCUT2D eigenvalue weighted by molar-refractivity contribution is 0.250. The maximum absolute atomic E-state index is 11.7. The second-order valence-electron chi connectivity index (χ2n) is 6.47. The van der Waals surface area contributed by atoms with Crippen LogP contribution < -0.4 is 21.3 Å². The van der Waals surface area contributed by atoms with Gasteiger partial charge < -0.3 is 21.3 Å². The smallest absolute Gasteiger partial charge is 0.319 e. The second-order valence-corrected chi connectivity index (χ2v) is 7.31. The SMILES string of the molecule is CN=C(NCc1ccc(NC(=O)NC(C)C)cc1)NCc1ccc(Cl)cc1Cl. The number of aliphatic imine (C=N–C) groups is 1. The number of benzene rings is 2. The van der Waals surface area contributed by atoms with Crippen LogP contribution in [-0.4, -0.2) is 25.1 Å². The Labute approximate surface area is 175 Å². The predicted octanol–water partition coefficient (Wildman–Crippen LogP) is 4.39. The number of hydrogen-bond donors (Lipinski definition) is 4. The van der Waals surface area contributed by atoms with E-state index in [1.54, 1.807) is 19.2 Å². The molecule has 2 rings (SSSR count). The molecular weight excluding hydrogens is 397 g/mol. The first-order valence-electron chi connectivity index (χ1n) is 8.92. The third kappa shape index (κ3) is 7.29. The van der Waals surface area contributed by atoms with Crippen LogP contribution in [0.25, 0.3) is 0 Å². The van der Waals surface area contributed by atoms with Crippen molar-refractivity contribution in [1.29, 1.82) is 0 Å². The molecule has 28 heavy (non-hydrogen) atoms. The lowest BCUT2D eigenvalue weighted by atomic mass is 10.2. The summed E-state index contributed by atoms with van der Waals surface area (Å²) in [5.41, 5.74) is 2.73. The van der Waals surface area contributed by atoms with E-state index in [0.29, 0.717) is 29.1 Å². The molecule has 0 aliphatic rings. The third-order valence-corrected chi connectivity index (χ3v) is 4.36. The normalized spacial score (nSPS) is 11.3. The van der Waals surface area contributed by atoms with Crippen molar-refractivity contribution in [3.05, 3.63) is 63.6 Å². The number of carbonyl (C=O) groups is 1. The molecule has 0 aliphatic carbocycles. The number of anilines is 1. The predicted molar refractivity (Wildman–Crippen MR) is 117 cm³/mol. The van der Waals surface area contributed by atoms with Crippen molar-refractivity contribution in [2.75, 3.05) is 12.4 Å². The molecule has 0 spiro atoms. The molecule has 0 radical (unpaired) electrons. The molecule has 6 nitrogen and oxygen atoms in total. The number of rotatable bonds is 6. The molecule has 0 saturated carbocycles. The van der Waals surface area contributed by atoms with Crippen molar-refractivity contribution in [1.82, 2.24) is 16.0 Å². The molecule has 0 saturated heterocycles. The summed E-state index contributed by atoms with van der Waals surface area (Å²) >= 11 is 12.1. The third-order valence-electron chi connectivity index (χ3n) is 3.78. The Morgan fingerprint density at radius 1 is 1.04 bits per heavy atom. The zero-order valence-corrected chi connectivity index (χ0v) is 17.7. The zero-order valence-electron chi connectivity index (χ0n) is 16.1. The van der Waals surface area contributed by atoms with Crippen LogP contribution in [0.3, 0.4) is 0 Å². The van der Waals surface area contributed by atoms with Crippen LogP contribution in [0.5, 0.6) is 0 Å². The number of guanidine groups is 1. The summed E-state index contributed by atoms with van der Waals surface area (Å²) in [5.74, 6) is 0.657. The van der Waals surface area contributed by atoms with Gasteiger partial charge in [-0.05, 0) is 49.2 Å². The zero-order chi connectivity index (χ0) is 20.5. The van der Waals surface area contributed by atoms with Gasteiger partial charge in [0.2, 0.25) is 0 Å². The van der Waals surface area contributed by atoms with Crippen LogP contribution in [0, 0.1) is 0 Å². The van der Waals surface area contributed by atoms with E-state index in [0.717, 1.165) is 16.8 Å². The topological polar surface area (TPSA) is 77.5 Å². The number of carbonyl (C=O) groups excluding carboxylic acids is 1. The Bertz CT molecular complexity index is 822. The monoisotopic (exact) mass is 421 g/mol. The van der Waals surface area contributed by atoms with Gasteiger partial charge >= 0.3 is 6.03 Å². The molecule has 150 valence electrons. The number of nitrogens with zero attached hydrogens (tertiary/aromatic N) is 1. The van der Waals surface area contributed by atoms with Crippen LogP contribution in [0.15, 0.2) is 47.5 Å². The molecule has 0 fully saturated rings. The van der Waals surface area contributed by atoms with Gasteiger partial charge in [0, 0.05) is 41.9 Å². The van der Waals surface area contributed by atoms with E-state index in [9.17, 15) is 4.79 Å². The standard InChI is InChI=1S/C20H25Cl2N5O/c1-13(2)26-20(28)27-17-8-4-14(5-9-17)11-24-19(23-3)25-12-15-6-7-16(21)10-18(15)22/h4-10,13H,11-12H2,1-3H3,(H2,23,24,25)(H2,26,27,28). The first-order chi connectivity index (χ1) is 13.4. The Balaban J connectivity index is 1.83. The molecule has 8 heteroatoms. The fourth-order valence-electron chi connectivity index (χ4n) is 2.39. The van der Waals surface area contributed by atoms with Crippen molar-refractivity contribution < 1.29 is 4.79 Å². The fraction of sp³-hybridized carbons (Fsp3) is 0.300. The lowest BCUT2D eigenvalue weighted by Gasteiger charge is -2.13. The lowest BCUT2D eigenvalue weighted by Crippen LogP contribution is -2.36. The van der Waals surface area contributed by atoms with Crippen molar-refractivity contribution in [3.8, 4) is 0 Å². The van der Waals surface area contributed by atoms with Gasteiger partial charge in [-0.25, -0.2) is 4.79 Å². The molecule has 0 aromatic heterocycles. The van der Waals surface area contributed by atoms with Gasteiger partial charge in [-0.3, -0.25) is 4.99 Å². The van der Waals surface area contributed by atoms with Crippen LogP contribution in [0.1, 0.15) is 25.0 Å². The van der Waals surface area contributed by atoms with Gasteiger partial charge in [0.25, 0.3) is 0 Å². The van der Waals surface area contributed by atoms with Gasteiger partial charge in [-0.2, -0.15) is 0 Å². The van der Waals surface area contributed by atoms with Gasteiger partial charge in [-0.15, -0.1) is 0 Å². The number of hydrogen-bond acceptors (Lipinski definition) is 2. The maximum atomic E-state index is 11.7. The summed E-state index contributed by atoms with van der Waals surface area (Å²) in [6.07, 6.45) is 0. The van der Waals surface area contributed by atoms with Gasteiger partial charge in [0.1, 0.15) is 0 Å². The molecule has 2 aromatic carbocycles. The number of nitrogens with one attached hydrogen (secondary N) is 4. The largest absolute Gasteiger partial charge is 0.352 e. The first kappa shape index (κ1) is 21.9. The summed E-state index contributed by atoms with van der Waals surface area (Å²) in [5, 5.41) is 13.3. The van der Waals surface area contributed by atoms with Crippen LogP contribution in [0.2, 0.25) is 10.0 Å². The highest BCUT2D eigenvalue weighted by Gasteiger charge is 2.05. The van der Waals surface area contributed by atoms with E-state index in [2.05, 4.69) is 26.3 Å². The Hall–Kier alpha value is -2.44. The average Bonchev–Trinajstić information content (AvgIpc) is 2.63. The molecule has 2 aromatic rings. The van der Waals surface area contributed by atoms with Crippen LogP contribution >= 0.6 is 23.2 Å². The van der Waals surface area contributed by atoms with E-state index in [1.807, 2.05) is 44.2 Å². The molecule has 0 bridgehead atoms. The fourth-order valence-corrected chi connectivity index (χ4v) is 2.86. The highest BCUT2D eigenvalue weighted by Crippen LogP contribution is 2.20. The minimum atomic E-state index is -0.216. The van der Waals surface area contributed by atoms with Gasteiger partial charge in [0.15, 0.2) is 5.96 Å². The summed E-state index contributed by atoms with van der Waals surface area (Å²) in [6, 6.07) is 12.9. The maximum Gasteiger partial charge on any atom is 0.319 e. The molecule has 0 aliphatic heterocycles. The Morgan fingerprint density at radius 2 is 1.71 bits per heavy atom. The van der Waals surface area contributed by atoms with Crippen LogP contribution in [0.4, 0.5) is 10.5 Å². The Morgan fingerprint density at radius 3 is 2.32 bits per heavy atom. The minimum absolute atomic E-state index is 0.0884. The van der Waals surface area contributed by atoms with Crippen molar-refractivity contribution >= 4 is 40.9 Å². The molecule has 0 heterocycles. The minimum Gasteiger partial charge on any atom is -0.352 e. The summed E-state index contributed by atoms with van der Waals surface area (Å²) in [7, 11) is 1.71. The number of amides is 2. The Kier molecular flexibility index (Phi) is 8.42. The van der Waals surface area contributed by atoms with Crippen molar-refractivity contribution in [2.24, 2.45) is 4.99 Å². The van der Waals surface area contributed by atoms with E-state index in [-0.39, 0.29) is 12.1 Å². The first-order valence-corrected chi connectivity index (χ1v) is 9.68. The molecule has 2 amide bonds. The molecule has 0 atom stereocenters. The average molecular weight is 422 g/mol. The quantitative estimate of drug-likeness (QED) is 0.412. The van der Waals surface area contributed by atoms with Crippen molar-refractivity contribution in [3.63, 3.8) is 0 Å². The van der Waals surface area contributed by atoms with Crippen molar-refractivity contribution in [2.45, 2.75) is 33.0 Å². The van der Waals surface area contributed by atoms with E-state index >= 15 is 0 Å². The van der Waals surface area contributed by atoms with Gasteiger partial charge in [0.05, 0.1) is 0 Å². The van der Waals surface area contributed by atoms with E-state index < -0.39 is 0 Å². The summed E-state index contributed by atoms with van der Waals surface area (Å²) in [6.45, 7) is 4.95. The number of halogens is 2. The van der Waals surface area contributed by atoms with E-state index in [1.165, 1.54) is 0 Å². The van der Waals surface area contributed by atoms with Gasteiger partial charge in [-0.1, -0.05) is 41.4 Å².